The van der Waals surface area contributed by atoms with E-state index in [-0.39, 0.29) is 11.7 Å². The Labute approximate surface area is 190 Å². The van der Waals surface area contributed by atoms with Crippen LogP contribution in [0.3, 0.4) is 0 Å². The summed E-state index contributed by atoms with van der Waals surface area (Å²) in [5, 5.41) is 6.87. The zero-order chi connectivity index (χ0) is 22.5. The molecule has 162 valence electrons. The second-order valence-electron chi connectivity index (χ2n) is 8.60. The lowest BCUT2D eigenvalue weighted by Gasteiger charge is -2.28. The van der Waals surface area contributed by atoms with Gasteiger partial charge in [0.2, 0.25) is 0 Å². The molecule has 1 aliphatic heterocycles. The topological polar surface area (TPSA) is 36.4 Å². The summed E-state index contributed by atoms with van der Waals surface area (Å²) in [6, 6.07) is 18.5. The molecule has 3 nitrogen and oxygen atoms in total. The number of benzene rings is 3. The Kier molecular flexibility index (Phi) is 4.53. The van der Waals surface area contributed by atoms with Crippen LogP contribution in [0.15, 0.2) is 84.0 Å². The van der Waals surface area contributed by atoms with Crippen LogP contribution in [-0.4, -0.2) is 5.84 Å². The van der Waals surface area contributed by atoms with Gasteiger partial charge in [-0.05, 0) is 59.7 Å². The van der Waals surface area contributed by atoms with Gasteiger partial charge in [0.05, 0.1) is 5.70 Å². The maximum Gasteiger partial charge on any atom is 0.147 e. The first-order valence-electron chi connectivity index (χ1n) is 11.0. The number of allylic oxidation sites excluding steroid dienone is 2. The first kappa shape index (κ1) is 19.7. The Bertz CT molecular complexity index is 1410. The molecule has 0 saturated heterocycles. The molecule has 2 aliphatic carbocycles. The number of fused-ring (bicyclic) bond motifs is 2. The summed E-state index contributed by atoms with van der Waals surface area (Å²) in [5.41, 5.74) is 8.96. The van der Waals surface area contributed by atoms with Crippen molar-refractivity contribution in [1.29, 1.82) is 0 Å². The average Bonchev–Trinajstić information content (AvgIpc) is 3.66. The lowest BCUT2D eigenvalue weighted by molar-refractivity contribution is 0.580. The number of para-hydroxylation sites is 1. The Hall–Kier alpha value is -3.95. The van der Waals surface area contributed by atoms with Crippen molar-refractivity contribution in [3.63, 3.8) is 0 Å². The van der Waals surface area contributed by atoms with E-state index in [1.807, 2.05) is 30.3 Å². The van der Waals surface area contributed by atoms with Gasteiger partial charge in [0, 0.05) is 28.4 Å². The van der Waals surface area contributed by atoms with E-state index in [4.69, 9.17) is 4.99 Å². The molecule has 3 aromatic rings. The Balaban J connectivity index is 1.45. The van der Waals surface area contributed by atoms with E-state index in [9.17, 15) is 8.78 Å². The van der Waals surface area contributed by atoms with E-state index in [2.05, 4.69) is 41.1 Å². The first-order valence-corrected chi connectivity index (χ1v) is 11.0. The Morgan fingerprint density at radius 3 is 2.55 bits per heavy atom. The lowest BCUT2D eigenvalue weighted by Crippen LogP contribution is -2.30. The summed E-state index contributed by atoms with van der Waals surface area (Å²) >= 11 is 0. The minimum atomic E-state index is -0.647. The lowest BCUT2D eigenvalue weighted by atomic mass is 9.94. The largest absolute Gasteiger partial charge is 0.359 e. The molecule has 3 aromatic carbocycles. The highest BCUT2D eigenvalue weighted by atomic mass is 19.1. The molecule has 6 rings (SSSR count). The molecule has 1 unspecified atom stereocenters. The molecule has 3 aliphatic rings. The molecule has 0 spiro atoms. The van der Waals surface area contributed by atoms with Crippen molar-refractivity contribution in [2.24, 2.45) is 4.99 Å². The molecule has 0 aromatic heterocycles. The summed E-state index contributed by atoms with van der Waals surface area (Å²) in [6.07, 6.45) is 3.74. The minimum Gasteiger partial charge on any atom is -0.359 e. The molecule has 0 amide bonds. The molecule has 5 heteroatoms. The van der Waals surface area contributed by atoms with Crippen LogP contribution in [0.4, 0.5) is 14.5 Å². The Morgan fingerprint density at radius 2 is 1.73 bits per heavy atom. The summed E-state index contributed by atoms with van der Waals surface area (Å²) in [6.45, 7) is 3.89. The van der Waals surface area contributed by atoms with Gasteiger partial charge in [-0.25, -0.2) is 13.8 Å². The smallest absolute Gasteiger partial charge is 0.147 e. The summed E-state index contributed by atoms with van der Waals surface area (Å²) in [7, 11) is 0. The van der Waals surface area contributed by atoms with Crippen LogP contribution >= 0.6 is 0 Å². The van der Waals surface area contributed by atoms with Crippen molar-refractivity contribution in [2.75, 3.05) is 5.32 Å². The number of rotatable bonds is 3. The van der Waals surface area contributed by atoms with Crippen molar-refractivity contribution in [2.45, 2.75) is 24.9 Å². The molecule has 33 heavy (non-hydrogen) atoms. The van der Waals surface area contributed by atoms with Crippen molar-refractivity contribution in [1.82, 2.24) is 5.32 Å². The van der Waals surface area contributed by atoms with Gasteiger partial charge in [-0.1, -0.05) is 48.7 Å². The zero-order valence-electron chi connectivity index (χ0n) is 17.8. The van der Waals surface area contributed by atoms with E-state index in [0.717, 1.165) is 22.9 Å². The van der Waals surface area contributed by atoms with Crippen LogP contribution in [0.2, 0.25) is 0 Å². The maximum atomic E-state index is 14.6. The number of hydrogen-bond acceptors (Lipinski definition) is 3. The number of anilines is 1. The van der Waals surface area contributed by atoms with Crippen LogP contribution in [-0.2, 0) is 0 Å². The molecular formula is C28H21F2N3. The molecule has 1 atom stereocenters. The molecule has 2 N–H and O–H groups in total. The third-order valence-electron chi connectivity index (χ3n) is 6.32. The second kappa shape index (κ2) is 7.58. The predicted molar refractivity (Wildman–Crippen MR) is 128 cm³/mol. The van der Waals surface area contributed by atoms with Crippen LogP contribution in [0, 0.1) is 11.6 Å². The second-order valence-corrected chi connectivity index (χ2v) is 8.60. The summed E-state index contributed by atoms with van der Waals surface area (Å²) in [5.74, 6) is -0.0829. The molecule has 1 fully saturated rings. The fourth-order valence-electron chi connectivity index (χ4n) is 4.59. The highest BCUT2D eigenvalue weighted by molar-refractivity contribution is 6.09. The highest BCUT2D eigenvalue weighted by Gasteiger charge is 2.30. The maximum absolute atomic E-state index is 14.6. The zero-order valence-corrected chi connectivity index (χ0v) is 17.8. The number of nitrogens with zero attached hydrogens (tertiary/aromatic N) is 1. The number of amidine groups is 1. The van der Waals surface area contributed by atoms with Gasteiger partial charge in [-0.2, -0.15) is 0 Å². The third kappa shape index (κ3) is 3.47. The number of hydrogen-bond donors (Lipinski definition) is 2. The number of nitrogens with one attached hydrogen (secondary N) is 2. The summed E-state index contributed by atoms with van der Waals surface area (Å²) in [4.78, 5) is 5.00. The van der Waals surface area contributed by atoms with Crippen LogP contribution in [0.25, 0.3) is 11.3 Å². The fourth-order valence-corrected chi connectivity index (χ4v) is 4.59. The standard InChI is InChI=1S/C28H21F2N3/c1-16-10-13-25(22-14-18(29)15-23(30)26(16)22)32-28-21-8-4-5-9-24(21)31-27(33-28)20-7-3-2-6-19(20)17-11-12-17/h2-10,14-15,17,27,31H,1,11-12H2,(H,32,33). The fraction of sp³-hybridized carbons (Fsp3) is 0.143. The van der Waals surface area contributed by atoms with Crippen molar-refractivity contribution in [3.8, 4) is 0 Å². The molecule has 0 radical (unpaired) electrons. The normalized spacial score (nSPS) is 18.6. The van der Waals surface area contributed by atoms with Gasteiger partial charge in [-0.15, -0.1) is 0 Å². The van der Waals surface area contributed by atoms with Gasteiger partial charge in [-0.3, -0.25) is 0 Å². The number of halogens is 2. The predicted octanol–water partition coefficient (Wildman–Crippen LogP) is 6.53. The quantitative estimate of drug-likeness (QED) is 0.457. The summed E-state index contributed by atoms with van der Waals surface area (Å²) < 4.78 is 28.6. The van der Waals surface area contributed by atoms with Gasteiger partial charge in [0.25, 0.3) is 0 Å². The molecular weight excluding hydrogens is 416 g/mol. The van der Waals surface area contributed by atoms with Crippen LogP contribution < -0.4 is 10.6 Å². The van der Waals surface area contributed by atoms with E-state index in [1.165, 1.54) is 24.5 Å². The van der Waals surface area contributed by atoms with E-state index in [0.29, 0.717) is 28.6 Å². The van der Waals surface area contributed by atoms with Gasteiger partial charge in [0.1, 0.15) is 23.6 Å². The van der Waals surface area contributed by atoms with Crippen molar-refractivity contribution in [3.05, 3.63) is 119 Å². The Morgan fingerprint density at radius 1 is 0.970 bits per heavy atom. The minimum absolute atomic E-state index is 0.272. The van der Waals surface area contributed by atoms with Crippen LogP contribution in [0.5, 0.6) is 0 Å². The average molecular weight is 437 g/mol. The van der Waals surface area contributed by atoms with E-state index in [1.54, 1.807) is 6.08 Å². The molecule has 1 saturated carbocycles. The van der Waals surface area contributed by atoms with E-state index < -0.39 is 11.6 Å². The SMILES string of the molecule is C=C1C=C=C(NC2=NC(c3ccccc3C3CC3)Nc3ccccc32)c2cc(F)cc(F)c21. The van der Waals surface area contributed by atoms with Crippen molar-refractivity contribution >= 4 is 22.8 Å². The molecule has 0 bridgehead atoms. The number of aliphatic imine (C=N–C) groups is 1. The molecule has 1 heterocycles. The monoisotopic (exact) mass is 437 g/mol. The first-order chi connectivity index (χ1) is 16.1. The van der Waals surface area contributed by atoms with E-state index >= 15 is 0 Å². The van der Waals surface area contributed by atoms with Crippen LogP contribution in [0.1, 0.15) is 52.7 Å². The highest BCUT2D eigenvalue weighted by Crippen LogP contribution is 2.44. The van der Waals surface area contributed by atoms with Gasteiger partial charge < -0.3 is 10.6 Å². The van der Waals surface area contributed by atoms with Crippen molar-refractivity contribution < 1.29 is 8.78 Å². The third-order valence-corrected chi connectivity index (χ3v) is 6.32. The van der Waals surface area contributed by atoms with Gasteiger partial charge >= 0.3 is 0 Å². The van der Waals surface area contributed by atoms with Gasteiger partial charge in [0.15, 0.2) is 0 Å².